The van der Waals surface area contributed by atoms with E-state index in [1.165, 1.54) is 25.9 Å². The molecule has 0 amide bonds. The summed E-state index contributed by atoms with van der Waals surface area (Å²) in [5.41, 5.74) is 0.458. The fourth-order valence-electron chi connectivity index (χ4n) is 2.53. The normalized spacial score (nSPS) is 20.1. The lowest BCUT2D eigenvalue weighted by Gasteiger charge is -2.38. The second-order valence-electron chi connectivity index (χ2n) is 5.92. The lowest BCUT2D eigenvalue weighted by atomic mass is 9.80. The molecular formula is C15H32N2O2. The van der Waals surface area contributed by atoms with Crippen molar-refractivity contribution in [1.29, 1.82) is 0 Å². The molecule has 0 bridgehead atoms. The third-order valence-electron chi connectivity index (χ3n) is 4.01. The van der Waals surface area contributed by atoms with Gasteiger partial charge in [0, 0.05) is 26.2 Å². The van der Waals surface area contributed by atoms with Crippen molar-refractivity contribution in [3.05, 3.63) is 0 Å². The zero-order valence-electron chi connectivity index (χ0n) is 13.2. The van der Waals surface area contributed by atoms with E-state index in [4.69, 9.17) is 9.47 Å². The Hall–Kier alpha value is -0.160. The molecule has 0 aromatic rings. The van der Waals surface area contributed by atoms with Crippen LogP contribution >= 0.6 is 0 Å². The molecule has 1 heterocycles. The summed E-state index contributed by atoms with van der Waals surface area (Å²) in [5.74, 6) is 0. The van der Waals surface area contributed by atoms with Crippen LogP contribution in [0.25, 0.3) is 0 Å². The quantitative estimate of drug-likeness (QED) is 0.515. The Balaban J connectivity index is 2.15. The van der Waals surface area contributed by atoms with Crippen molar-refractivity contribution in [3.8, 4) is 0 Å². The van der Waals surface area contributed by atoms with Crippen LogP contribution in [0, 0.1) is 5.41 Å². The van der Waals surface area contributed by atoms with Crippen molar-refractivity contribution in [3.63, 3.8) is 0 Å². The van der Waals surface area contributed by atoms with Gasteiger partial charge in [0.2, 0.25) is 0 Å². The van der Waals surface area contributed by atoms with E-state index in [0.29, 0.717) is 18.6 Å². The Morgan fingerprint density at radius 3 is 2.26 bits per heavy atom. The molecule has 0 aromatic heterocycles. The van der Waals surface area contributed by atoms with E-state index < -0.39 is 0 Å². The first-order valence-electron chi connectivity index (χ1n) is 7.72. The summed E-state index contributed by atoms with van der Waals surface area (Å²) in [6, 6.07) is 0. The van der Waals surface area contributed by atoms with Crippen molar-refractivity contribution >= 4 is 0 Å². The molecular weight excluding hydrogens is 240 g/mol. The molecule has 19 heavy (non-hydrogen) atoms. The predicted octanol–water partition coefficient (Wildman–Crippen LogP) is 2.10. The van der Waals surface area contributed by atoms with E-state index in [1.807, 2.05) is 13.8 Å². The lowest BCUT2D eigenvalue weighted by Crippen LogP contribution is -2.42. The van der Waals surface area contributed by atoms with Gasteiger partial charge in [-0.3, -0.25) is 0 Å². The van der Waals surface area contributed by atoms with Crippen LogP contribution in [-0.4, -0.2) is 57.6 Å². The summed E-state index contributed by atoms with van der Waals surface area (Å²) >= 11 is 0. The maximum Gasteiger partial charge on any atom is 0.158 e. The first-order chi connectivity index (χ1) is 9.09. The van der Waals surface area contributed by atoms with Gasteiger partial charge >= 0.3 is 0 Å². The summed E-state index contributed by atoms with van der Waals surface area (Å²) in [6.07, 6.45) is 3.46. The molecule has 0 spiro atoms. The zero-order valence-corrected chi connectivity index (χ0v) is 13.2. The molecule has 1 N–H and O–H groups in total. The molecule has 0 aliphatic carbocycles. The summed E-state index contributed by atoms with van der Waals surface area (Å²) in [4.78, 5) is 2.42. The van der Waals surface area contributed by atoms with Crippen molar-refractivity contribution in [2.75, 3.05) is 46.4 Å². The topological polar surface area (TPSA) is 33.7 Å². The summed E-state index contributed by atoms with van der Waals surface area (Å²) in [7, 11) is 2.21. The fraction of sp³-hybridized carbons (Fsp3) is 1.00. The van der Waals surface area contributed by atoms with Crippen molar-refractivity contribution in [2.24, 2.45) is 5.41 Å². The number of nitrogens with one attached hydrogen (secondary N) is 1. The Kier molecular flexibility index (Phi) is 7.91. The molecule has 0 aromatic carbocycles. The molecule has 4 heteroatoms. The molecule has 4 nitrogen and oxygen atoms in total. The van der Waals surface area contributed by atoms with Gasteiger partial charge in [0.05, 0.1) is 0 Å². The Bertz CT molecular complexity index is 222. The molecule has 0 unspecified atom stereocenters. The van der Waals surface area contributed by atoms with Gasteiger partial charge in [-0.2, -0.15) is 0 Å². The van der Waals surface area contributed by atoms with Crippen LogP contribution in [0.1, 0.15) is 40.0 Å². The number of ether oxygens (including phenoxy) is 2. The van der Waals surface area contributed by atoms with Crippen LogP contribution in [0.4, 0.5) is 0 Å². The van der Waals surface area contributed by atoms with E-state index in [9.17, 15) is 0 Å². The van der Waals surface area contributed by atoms with Crippen LogP contribution in [0.5, 0.6) is 0 Å². The smallest absolute Gasteiger partial charge is 0.158 e. The molecule has 1 aliphatic heterocycles. The Morgan fingerprint density at radius 2 is 1.74 bits per heavy atom. The van der Waals surface area contributed by atoms with Crippen LogP contribution in [-0.2, 0) is 9.47 Å². The minimum atomic E-state index is -0.0483. The van der Waals surface area contributed by atoms with Gasteiger partial charge in [-0.1, -0.05) is 6.92 Å². The highest BCUT2D eigenvalue weighted by molar-refractivity contribution is 4.83. The second-order valence-corrected chi connectivity index (χ2v) is 5.92. The highest BCUT2D eigenvalue weighted by atomic mass is 16.7. The number of hydrogen-bond donors (Lipinski definition) is 1. The lowest BCUT2D eigenvalue weighted by molar-refractivity contribution is -0.138. The first-order valence-corrected chi connectivity index (χ1v) is 7.72. The highest BCUT2D eigenvalue weighted by Crippen LogP contribution is 2.29. The number of rotatable bonds is 9. The van der Waals surface area contributed by atoms with E-state index in [1.54, 1.807) is 0 Å². The number of nitrogens with zero attached hydrogens (tertiary/aromatic N) is 1. The van der Waals surface area contributed by atoms with Gasteiger partial charge in [0.25, 0.3) is 0 Å². The zero-order chi connectivity index (χ0) is 14.1. The largest absolute Gasteiger partial charge is 0.353 e. The molecule has 1 aliphatic rings. The fourth-order valence-corrected chi connectivity index (χ4v) is 2.53. The van der Waals surface area contributed by atoms with Crippen LogP contribution in [0.3, 0.4) is 0 Å². The molecule has 114 valence electrons. The predicted molar refractivity (Wildman–Crippen MR) is 79.4 cm³/mol. The van der Waals surface area contributed by atoms with E-state index in [0.717, 1.165) is 19.5 Å². The maximum atomic E-state index is 5.54. The summed E-state index contributed by atoms with van der Waals surface area (Å²) in [5, 5.41) is 3.58. The molecule has 0 radical (unpaired) electrons. The van der Waals surface area contributed by atoms with Crippen LogP contribution in [0.15, 0.2) is 0 Å². The first kappa shape index (κ1) is 16.9. The summed E-state index contributed by atoms with van der Waals surface area (Å²) in [6.45, 7) is 12.4. The monoisotopic (exact) mass is 272 g/mol. The third kappa shape index (κ3) is 6.70. The van der Waals surface area contributed by atoms with Gasteiger partial charge in [-0.15, -0.1) is 0 Å². The number of likely N-dealkylation sites (tertiary alicyclic amines) is 1. The minimum absolute atomic E-state index is 0.0483. The Morgan fingerprint density at radius 1 is 1.16 bits per heavy atom. The van der Waals surface area contributed by atoms with Crippen molar-refractivity contribution < 1.29 is 9.47 Å². The number of piperidine rings is 1. The maximum absolute atomic E-state index is 5.54. The van der Waals surface area contributed by atoms with Crippen molar-refractivity contribution in [1.82, 2.24) is 10.2 Å². The average molecular weight is 272 g/mol. The van der Waals surface area contributed by atoms with Crippen LogP contribution < -0.4 is 5.32 Å². The highest BCUT2D eigenvalue weighted by Gasteiger charge is 2.28. The number of hydrogen-bond acceptors (Lipinski definition) is 4. The second kappa shape index (κ2) is 8.90. The molecule has 1 rings (SSSR count). The van der Waals surface area contributed by atoms with Gasteiger partial charge in [-0.05, 0) is 58.8 Å². The van der Waals surface area contributed by atoms with E-state index in [-0.39, 0.29) is 6.29 Å². The van der Waals surface area contributed by atoms with Crippen molar-refractivity contribution in [2.45, 2.75) is 46.3 Å². The van der Waals surface area contributed by atoms with Gasteiger partial charge in [0.15, 0.2) is 6.29 Å². The van der Waals surface area contributed by atoms with Gasteiger partial charge in [0.1, 0.15) is 0 Å². The summed E-state index contributed by atoms with van der Waals surface area (Å²) < 4.78 is 11.1. The van der Waals surface area contributed by atoms with E-state index >= 15 is 0 Å². The third-order valence-corrected chi connectivity index (χ3v) is 4.01. The molecule has 1 fully saturated rings. The minimum Gasteiger partial charge on any atom is -0.353 e. The molecule has 0 saturated carbocycles. The standard InChI is InChI=1S/C15H32N2O2/c1-5-18-14(19-6-2)7-10-16-13-15(3)8-11-17(4)12-9-15/h14,16H,5-13H2,1-4H3. The molecule has 1 saturated heterocycles. The van der Waals surface area contributed by atoms with Gasteiger partial charge in [-0.25, -0.2) is 0 Å². The Labute approximate surface area is 118 Å². The van der Waals surface area contributed by atoms with E-state index in [2.05, 4.69) is 24.2 Å². The molecule has 0 atom stereocenters. The van der Waals surface area contributed by atoms with Gasteiger partial charge < -0.3 is 19.7 Å². The van der Waals surface area contributed by atoms with Crippen LogP contribution in [0.2, 0.25) is 0 Å². The average Bonchev–Trinajstić information content (AvgIpc) is 2.39. The SMILES string of the molecule is CCOC(CCNCC1(C)CCN(C)CC1)OCC.